The van der Waals surface area contributed by atoms with Crippen molar-refractivity contribution in [1.29, 1.82) is 0 Å². The highest BCUT2D eigenvalue weighted by atomic mass is 16.4. The number of hydrogen-bond acceptors (Lipinski definition) is 4. The Bertz CT molecular complexity index is 770. The van der Waals surface area contributed by atoms with Crippen molar-refractivity contribution in [3.8, 4) is 11.8 Å². The fourth-order valence-corrected chi connectivity index (χ4v) is 2.09. The van der Waals surface area contributed by atoms with Gasteiger partial charge in [0.05, 0.1) is 23.1 Å². The van der Waals surface area contributed by atoms with Gasteiger partial charge in [-0.15, -0.1) is 0 Å². The third-order valence-electron chi connectivity index (χ3n) is 3.06. The van der Waals surface area contributed by atoms with Crippen LogP contribution in [0.5, 0.6) is 5.88 Å². The van der Waals surface area contributed by atoms with Crippen molar-refractivity contribution < 1.29 is 15.0 Å². The molecule has 0 aliphatic rings. The number of aromatic hydroxyl groups is 1. The van der Waals surface area contributed by atoms with Gasteiger partial charge >= 0.3 is 5.97 Å². The number of aromatic amines is 1. The second-order valence-electron chi connectivity index (χ2n) is 4.45. The van der Waals surface area contributed by atoms with Crippen LogP contribution in [0.15, 0.2) is 24.3 Å². The van der Waals surface area contributed by atoms with Crippen molar-refractivity contribution in [2.24, 2.45) is 0 Å². The number of nitrogens with one attached hydrogen (secondary N) is 1. The zero-order chi connectivity index (χ0) is 14.3. The number of carbonyl (C=O) groups is 1. The molecular weight excluding hydrogens is 260 g/mol. The van der Waals surface area contributed by atoms with Crippen molar-refractivity contribution in [2.45, 2.75) is 13.3 Å². The molecule has 102 valence electrons. The molecule has 20 heavy (non-hydrogen) atoms. The molecule has 3 aromatic rings. The number of H-pyrrole nitrogens is 1. The van der Waals surface area contributed by atoms with Gasteiger partial charge < -0.3 is 15.2 Å². The quantitative estimate of drug-likeness (QED) is 0.668. The zero-order valence-electron chi connectivity index (χ0n) is 10.7. The number of carboxylic acid groups (broad SMARTS) is 1. The summed E-state index contributed by atoms with van der Waals surface area (Å²) in [6.45, 7) is 1.65. The maximum atomic E-state index is 10.8. The first kappa shape index (κ1) is 12.2. The van der Waals surface area contributed by atoms with E-state index in [2.05, 4.69) is 15.1 Å². The maximum absolute atomic E-state index is 10.8. The summed E-state index contributed by atoms with van der Waals surface area (Å²) in [5.74, 6) is -0.875. The lowest BCUT2D eigenvalue weighted by atomic mass is 10.2. The lowest BCUT2D eigenvalue weighted by molar-refractivity contribution is -0.136. The van der Waals surface area contributed by atoms with Crippen LogP contribution >= 0.6 is 0 Å². The molecule has 0 bridgehead atoms. The molecule has 0 radical (unpaired) electrons. The predicted molar refractivity (Wildman–Crippen MR) is 71.0 cm³/mol. The largest absolute Gasteiger partial charge is 0.493 e. The van der Waals surface area contributed by atoms with E-state index in [9.17, 15) is 9.90 Å². The van der Waals surface area contributed by atoms with E-state index in [1.165, 1.54) is 4.68 Å². The Morgan fingerprint density at radius 1 is 1.40 bits per heavy atom. The molecule has 3 rings (SSSR count). The van der Waals surface area contributed by atoms with Crippen molar-refractivity contribution in [3.05, 3.63) is 35.5 Å². The molecule has 0 unspecified atom stereocenters. The molecule has 1 aromatic carbocycles. The molecule has 0 amide bonds. The number of imidazole rings is 1. The number of hydrogen-bond donors (Lipinski definition) is 3. The van der Waals surface area contributed by atoms with E-state index in [4.69, 9.17) is 5.11 Å². The SMILES string of the molecule is Cc1nn(-c2nc3ccccc3[nH]2)c(O)c1CC(=O)O. The summed E-state index contributed by atoms with van der Waals surface area (Å²) >= 11 is 0. The maximum Gasteiger partial charge on any atom is 0.308 e. The average molecular weight is 272 g/mol. The molecule has 7 heteroatoms. The van der Waals surface area contributed by atoms with Crippen LogP contribution in [0.4, 0.5) is 0 Å². The summed E-state index contributed by atoms with van der Waals surface area (Å²) in [6, 6.07) is 7.42. The van der Waals surface area contributed by atoms with Gasteiger partial charge in [-0.2, -0.15) is 9.78 Å². The predicted octanol–water partition coefficient (Wildman–Crippen LogP) is 1.39. The van der Waals surface area contributed by atoms with E-state index in [0.717, 1.165) is 11.0 Å². The minimum Gasteiger partial charge on any atom is -0.493 e. The van der Waals surface area contributed by atoms with E-state index in [1.54, 1.807) is 6.92 Å². The Kier molecular flexibility index (Phi) is 2.67. The van der Waals surface area contributed by atoms with E-state index >= 15 is 0 Å². The number of benzene rings is 1. The molecule has 2 aromatic heterocycles. The van der Waals surface area contributed by atoms with Gasteiger partial charge in [-0.3, -0.25) is 4.79 Å². The number of para-hydroxylation sites is 2. The molecule has 7 nitrogen and oxygen atoms in total. The summed E-state index contributed by atoms with van der Waals surface area (Å²) in [5, 5.41) is 23.1. The summed E-state index contributed by atoms with van der Waals surface area (Å²) in [7, 11) is 0. The minimum atomic E-state index is -1.02. The van der Waals surface area contributed by atoms with Crippen LogP contribution in [0.25, 0.3) is 17.0 Å². The van der Waals surface area contributed by atoms with Crippen LogP contribution in [0.2, 0.25) is 0 Å². The van der Waals surface area contributed by atoms with Gasteiger partial charge in [0.25, 0.3) is 0 Å². The smallest absolute Gasteiger partial charge is 0.308 e. The molecule has 0 aliphatic heterocycles. The first-order valence-corrected chi connectivity index (χ1v) is 6.00. The standard InChI is InChI=1S/C13H12N4O3/c1-7-8(6-11(18)19)12(20)17(16-7)13-14-9-4-2-3-5-10(9)15-13/h2-5,20H,6H2,1H3,(H,14,15)(H,18,19). The number of carboxylic acids is 1. The molecular formula is C13H12N4O3. The number of nitrogens with zero attached hydrogens (tertiary/aromatic N) is 3. The van der Waals surface area contributed by atoms with E-state index in [-0.39, 0.29) is 17.9 Å². The third kappa shape index (κ3) is 1.89. The summed E-state index contributed by atoms with van der Waals surface area (Å²) < 4.78 is 1.22. The van der Waals surface area contributed by atoms with Gasteiger partial charge in [-0.1, -0.05) is 12.1 Å². The molecule has 3 N–H and O–H groups in total. The molecule has 0 spiro atoms. The number of rotatable bonds is 3. The number of fused-ring (bicyclic) bond motifs is 1. The average Bonchev–Trinajstić information content (AvgIpc) is 2.94. The van der Waals surface area contributed by atoms with Gasteiger partial charge in [0.15, 0.2) is 0 Å². The first-order chi connectivity index (χ1) is 9.56. The van der Waals surface area contributed by atoms with E-state index < -0.39 is 5.97 Å². The van der Waals surface area contributed by atoms with Crippen molar-refractivity contribution in [1.82, 2.24) is 19.7 Å². The highest BCUT2D eigenvalue weighted by Gasteiger charge is 2.19. The molecule has 2 heterocycles. The van der Waals surface area contributed by atoms with E-state index in [1.807, 2.05) is 24.3 Å². The van der Waals surface area contributed by atoms with Crippen molar-refractivity contribution >= 4 is 17.0 Å². The normalized spacial score (nSPS) is 11.1. The molecule has 0 atom stereocenters. The van der Waals surface area contributed by atoms with Gasteiger partial charge in [-0.05, 0) is 19.1 Å². The molecule has 0 saturated carbocycles. The van der Waals surface area contributed by atoms with Gasteiger partial charge in [-0.25, -0.2) is 4.98 Å². The Labute approximate surface area is 113 Å². The van der Waals surface area contributed by atoms with Crippen molar-refractivity contribution in [3.63, 3.8) is 0 Å². The third-order valence-corrected chi connectivity index (χ3v) is 3.06. The number of aryl methyl sites for hydroxylation is 1. The summed E-state index contributed by atoms with van der Waals surface area (Å²) in [4.78, 5) is 18.1. The summed E-state index contributed by atoms with van der Waals surface area (Å²) in [5.41, 5.74) is 2.31. The topological polar surface area (TPSA) is 104 Å². The highest BCUT2D eigenvalue weighted by molar-refractivity contribution is 5.76. The lowest BCUT2D eigenvalue weighted by Gasteiger charge is -1.98. The van der Waals surface area contributed by atoms with Crippen LogP contribution in [0.3, 0.4) is 0 Å². The fraction of sp³-hybridized carbons (Fsp3) is 0.154. The molecule has 0 fully saturated rings. The number of aliphatic carboxylic acids is 1. The number of aromatic nitrogens is 4. The minimum absolute atomic E-state index is 0.205. The Hall–Kier alpha value is -2.83. The molecule has 0 aliphatic carbocycles. The molecule has 0 saturated heterocycles. The van der Waals surface area contributed by atoms with Crippen LogP contribution in [-0.4, -0.2) is 35.9 Å². The second kappa shape index (κ2) is 4.37. The van der Waals surface area contributed by atoms with Crippen LogP contribution in [-0.2, 0) is 11.2 Å². The fourth-order valence-electron chi connectivity index (χ4n) is 2.09. The van der Waals surface area contributed by atoms with Crippen molar-refractivity contribution in [2.75, 3.05) is 0 Å². The Morgan fingerprint density at radius 3 is 2.85 bits per heavy atom. The van der Waals surface area contributed by atoms with Crippen LogP contribution in [0.1, 0.15) is 11.3 Å². The van der Waals surface area contributed by atoms with Gasteiger partial charge in [0.2, 0.25) is 11.8 Å². The van der Waals surface area contributed by atoms with E-state index in [0.29, 0.717) is 11.6 Å². The Morgan fingerprint density at radius 2 is 2.15 bits per heavy atom. The zero-order valence-corrected chi connectivity index (χ0v) is 10.7. The Balaban J connectivity index is 2.12. The highest BCUT2D eigenvalue weighted by Crippen LogP contribution is 2.25. The summed E-state index contributed by atoms with van der Waals surface area (Å²) in [6.07, 6.45) is -0.280. The monoisotopic (exact) mass is 272 g/mol. The first-order valence-electron chi connectivity index (χ1n) is 6.00. The van der Waals surface area contributed by atoms with Crippen LogP contribution in [0, 0.1) is 6.92 Å². The lowest BCUT2D eigenvalue weighted by Crippen LogP contribution is -2.01. The van der Waals surface area contributed by atoms with Gasteiger partial charge in [0, 0.05) is 5.56 Å². The van der Waals surface area contributed by atoms with Gasteiger partial charge in [0.1, 0.15) is 0 Å². The van der Waals surface area contributed by atoms with Crippen LogP contribution < -0.4 is 0 Å². The second-order valence-corrected chi connectivity index (χ2v) is 4.45.